The van der Waals surface area contributed by atoms with Gasteiger partial charge in [-0.3, -0.25) is 4.98 Å². The van der Waals surface area contributed by atoms with Crippen molar-refractivity contribution in [2.75, 3.05) is 18.2 Å². The number of nitrogens with two attached hydrogens (primary N) is 1. The second-order valence-electron chi connectivity index (χ2n) is 4.05. The Morgan fingerprint density at radius 1 is 1.22 bits per heavy atom. The number of aromatic nitrogens is 1. The van der Waals surface area contributed by atoms with Gasteiger partial charge < -0.3 is 15.8 Å². The third-order valence-electron chi connectivity index (χ3n) is 2.69. The first kappa shape index (κ1) is 12.2. The molecule has 1 heterocycles. The Kier molecular flexibility index (Phi) is 3.67. The minimum absolute atomic E-state index is 0.618. The first-order valence-electron chi connectivity index (χ1n) is 5.79. The maximum absolute atomic E-state index is 5.98. The van der Waals surface area contributed by atoms with Crippen LogP contribution in [0.3, 0.4) is 0 Å². The number of pyridine rings is 1. The molecule has 0 saturated heterocycles. The van der Waals surface area contributed by atoms with Gasteiger partial charge in [-0.05, 0) is 31.2 Å². The molecule has 3 N–H and O–H groups in total. The van der Waals surface area contributed by atoms with Crippen molar-refractivity contribution in [2.45, 2.75) is 13.5 Å². The van der Waals surface area contributed by atoms with Crippen LogP contribution in [0.4, 0.5) is 11.4 Å². The van der Waals surface area contributed by atoms with Crippen molar-refractivity contribution in [3.8, 4) is 5.75 Å². The van der Waals surface area contributed by atoms with Crippen LogP contribution in [0.25, 0.3) is 0 Å². The highest BCUT2D eigenvalue weighted by atomic mass is 16.5. The van der Waals surface area contributed by atoms with Crippen molar-refractivity contribution in [1.82, 2.24) is 4.98 Å². The zero-order valence-electron chi connectivity index (χ0n) is 10.6. The normalized spacial score (nSPS) is 10.1. The molecular weight excluding hydrogens is 226 g/mol. The fourth-order valence-electron chi connectivity index (χ4n) is 1.76. The molecule has 1 aromatic carbocycles. The van der Waals surface area contributed by atoms with Crippen molar-refractivity contribution in [3.05, 3.63) is 47.8 Å². The molecule has 2 aromatic rings. The number of benzene rings is 1. The van der Waals surface area contributed by atoms with Crippen molar-refractivity contribution >= 4 is 11.4 Å². The van der Waals surface area contributed by atoms with E-state index in [0.717, 1.165) is 17.1 Å². The van der Waals surface area contributed by atoms with Crippen LogP contribution in [-0.2, 0) is 6.54 Å². The Hall–Kier alpha value is -2.23. The summed E-state index contributed by atoms with van der Waals surface area (Å²) in [5.74, 6) is 0.678. The molecule has 0 unspecified atom stereocenters. The first-order chi connectivity index (χ1) is 8.70. The van der Waals surface area contributed by atoms with E-state index in [2.05, 4.69) is 10.3 Å². The lowest BCUT2D eigenvalue weighted by atomic mass is 10.2. The molecule has 0 spiro atoms. The minimum Gasteiger partial charge on any atom is -0.495 e. The van der Waals surface area contributed by atoms with Crippen molar-refractivity contribution in [1.29, 1.82) is 0 Å². The predicted molar refractivity (Wildman–Crippen MR) is 73.7 cm³/mol. The number of para-hydroxylation sites is 1. The molecule has 4 nitrogen and oxygen atoms in total. The van der Waals surface area contributed by atoms with Crippen LogP contribution in [0.5, 0.6) is 5.75 Å². The van der Waals surface area contributed by atoms with Gasteiger partial charge in [0, 0.05) is 5.69 Å². The first-order valence-corrected chi connectivity index (χ1v) is 5.79. The van der Waals surface area contributed by atoms with E-state index in [1.807, 2.05) is 43.3 Å². The van der Waals surface area contributed by atoms with Crippen LogP contribution >= 0.6 is 0 Å². The zero-order chi connectivity index (χ0) is 13.0. The van der Waals surface area contributed by atoms with Crippen LogP contribution in [0.2, 0.25) is 0 Å². The van der Waals surface area contributed by atoms with E-state index in [9.17, 15) is 0 Å². The highest BCUT2D eigenvalue weighted by molar-refractivity contribution is 5.72. The average molecular weight is 243 g/mol. The van der Waals surface area contributed by atoms with Crippen LogP contribution < -0.4 is 15.8 Å². The summed E-state index contributed by atoms with van der Waals surface area (Å²) in [6, 6.07) is 11.6. The fourth-order valence-corrected chi connectivity index (χ4v) is 1.76. The monoisotopic (exact) mass is 243 g/mol. The minimum atomic E-state index is 0.618. The van der Waals surface area contributed by atoms with Gasteiger partial charge in [-0.15, -0.1) is 0 Å². The van der Waals surface area contributed by atoms with E-state index in [0.29, 0.717) is 18.0 Å². The highest BCUT2D eigenvalue weighted by Crippen LogP contribution is 2.29. The summed E-state index contributed by atoms with van der Waals surface area (Å²) in [5, 5.41) is 3.26. The summed E-state index contributed by atoms with van der Waals surface area (Å²) >= 11 is 0. The lowest BCUT2D eigenvalue weighted by Crippen LogP contribution is -2.05. The molecule has 0 aliphatic rings. The quantitative estimate of drug-likeness (QED) is 0.810. The van der Waals surface area contributed by atoms with Gasteiger partial charge >= 0.3 is 0 Å². The maximum Gasteiger partial charge on any atom is 0.143 e. The summed E-state index contributed by atoms with van der Waals surface area (Å²) < 4.78 is 5.18. The Labute approximate surface area is 107 Å². The van der Waals surface area contributed by atoms with Crippen molar-refractivity contribution < 1.29 is 4.74 Å². The van der Waals surface area contributed by atoms with Crippen molar-refractivity contribution in [3.63, 3.8) is 0 Å². The van der Waals surface area contributed by atoms with Gasteiger partial charge in [0.1, 0.15) is 5.75 Å². The van der Waals surface area contributed by atoms with E-state index in [1.54, 1.807) is 7.11 Å². The van der Waals surface area contributed by atoms with E-state index in [4.69, 9.17) is 10.5 Å². The largest absolute Gasteiger partial charge is 0.495 e. The zero-order valence-corrected chi connectivity index (χ0v) is 10.6. The van der Waals surface area contributed by atoms with Crippen LogP contribution in [-0.4, -0.2) is 12.1 Å². The van der Waals surface area contributed by atoms with E-state index in [1.165, 1.54) is 0 Å². The van der Waals surface area contributed by atoms with Gasteiger partial charge in [-0.1, -0.05) is 12.1 Å². The fraction of sp³-hybridized carbons (Fsp3) is 0.214. The Bertz CT molecular complexity index is 540. The second-order valence-corrected chi connectivity index (χ2v) is 4.05. The number of hydrogen-bond acceptors (Lipinski definition) is 4. The smallest absolute Gasteiger partial charge is 0.143 e. The summed E-state index contributed by atoms with van der Waals surface area (Å²) in [7, 11) is 1.61. The van der Waals surface area contributed by atoms with E-state index >= 15 is 0 Å². The van der Waals surface area contributed by atoms with Crippen molar-refractivity contribution in [2.24, 2.45) is 0 Å². The van der Waals surface area contributed by atoms with Gasteiger partial charge in [0.2, 0.25) is 0 Å². The molecule has 2 rings (SSSR count). The third kappa shape index (κ3) is 2.71. The molecule has 0 aliphatic carbocycles. The summed E-state index contributed by atoms with van der Waals surface area (Å²) in [4.78, 5) is 4.43. The molecule has 0 saturated carbocycles. The van der Waals surface area contributed by atoms with E-state index < -0.39 is 0 Å². The van der Waals surface area contributed by atoms with Gasteiger partial charge in [-0.25, -0.2) is 0 Å². The molecule has 0 fully saturated rings. The number of anilines is 2. The third-order valence-corrected chi connectivity index (χ3v) is 2.69. The SMILES string of the molecule is COc1cccc(NCc2cccc(C)n2)c1N. The molecule has 0 radical (unpaired) electrons. The molecule has 1 aromatic heterocycles. The van der Waals surface area contributed by atoms with Gasteiger partial charge in [0.15, 0.2) is 0 Å². The molecule has 4 heteroatoms. The number of hydrogen-bond donors (Lipinski definition) is 2. The molecule has 18 heavy (non-hydrogen) atoms. The van der Waals surface area contributed by atoms with Crippen LogP contribution in [0, 0.1) is 6.92 Å². The van der Waals surface area contributed by atoms with Gasteiger partial charge in [0.25, 0.3) is 0 Å². The number of aryl methyl sites for hydroxylation is 1. The maximum atomic E-state index is 5.98. The number of nitrogen functional groups attached to an aromatic ring is 1. The summed E-state index contributed by atoms with van der Waals surface area (Å²) in [6.07, 6.45) is 0. The lowest BCUT2D eigenvalue weighted by Gasteiger charge is -2.12. The molecule has 0 aliphatic heterocycles. The summed E-state index contributed by atoms with van der Waals surface area (Å²) in [6.45, 7) is 2.61. The van der Waals surface area contributed by atoms with Crippen LogP contribution in [0.1, 0.15) is 11.4 Å². The number of rotatable bonds is 4. The Balaban J connectivity index is 2.11. The molecule has 94 valence electrons. The van der Waals surface area contributed by atoms with Gasteiger partial charge in [0.05, 0.1) is 30.7 Å². The Morgan fingerprint density at radius 3 is 2.72 bits per heavy atom. The summed E-state index contributed by atoms with van der Waals surface area (Å²) in [5.41, 5.74) is 9.45. The lowest BCUT2D eigenvalue weighted by molar-refractivity contribution is 0.417. The van der Waals surface area contributed by atoms with Crippen LogP contribution in [0.15, 0.2) is 36.4 Å². The molecular formula is C14H17N3O. The highest BCUT2D eigenvalue weighted by Gasteiger charge is 2.04. The van der Waals surface area contributed by atoms with Gasteiger partial charge in [-0.2, -0.15) is 0 Å². The predicted octanol–water partition coefficient (Wildman–Crippen LogP) is 2.59. The standard InChI is InChI=1S/C14H17N3O/c1-10-5-3-6-11(17-10)9-16-12-7-4-8-13(18-2)14(12)15/h3-8,16H,9,15H2,1-2H3. The number of nitrogens with one attached hydrogen (secondary N) is 1. The number of ether oxygens (including phenoxy) is 1. The number of methoxy groups -OCH3 is 1. The molecule has 0 amide bonds. The average Bonchev–Trinajstić information content (AvgIpc) is 2.38. The molecule has 0 bridgehead atoms. The second kappa shape index (κ2) is 5.40. The topological polar surface area (TPSA) is 60.2 Å². The molecule has 0 atom stereocenters. The number of nitrogens with zero attached hydrogens (tertiary/aromatic N) is 1. The van der Waals surface area contributed by atoms with E-state index in [-0.39, 0.29) is 0 Å². The Morgan fingerprint density at radius 2 is 2.00 bits per heavy atom.